The minimum absolute atomic E-state index is 0. The number of imidazole rings is 1. The maximum absolute atomic E-state index is 12.3. The highest BCUT2D eigenvalue weighted by atomic mass is 35.5. The first-order valence-electron chi connectivity index (χ1n) is 8.88. The predicted octanol–water partition coefficient (Wildman–Crippen LogP) is 3.06. The molecule has 0 aliphatic heterocycles. The van der Waals surface area contributed by atoms with Crippen LogP contribution >= 0.6 is 24.8 Å². The van der Waals surface area contributed by atoms with E-state index < -0.39 is 0 Å². The molecule has 0 unspecified atom stereocenters. The fourth-order valence-electron chi connectivity index (χ4n) is 3.33. The number of rotatable bonds is 6. The average molecular weight is 402 g/mol. The molecule has 0 spiro atoms. The Kier molecular flexibility index (Phi) is 8.80. The van der Waals surface area contributed by atoms with E-state index in [1.54, 1.807) is 6.20 Å². The maximum Gasteiger partial charge on any atom is 0.223 e. The molecule has 0 aromatic carbocycles. The van der Waals surface area contributed by atoms with Crippen LogP contribution in [0.1, 0.15) is 45.4 Å². The molecule has 2 heterocycles. The monoisotopic (exact) mass is 401 g/mol. The van der Waals surface area contributed by atoms with E-state index >= 15 is 0 Å². The van der Waals surface area contributed by atoms with Gasteiger partial charge in [0, 0.05) is 24.7 Å². The SMILES string of the molecule is CC(C)CCn1c(CNC(=O)[C@H]2CC[C@@H](N)C2)nc2cccnc21.Cl.Cl. The number of pyridine rings is 1. The molecule has 3 N–H and O–H groups in total. The number of nitrogens with one attached hydrogen (secondary N) is 1. The quantitative estimate of drug-likeness (QED) is 0.778. The Labute approximate surface area is 167 Å². The van der Waals surface area contributed by atoms with Gasteiger partial charge in [-0.05, 0) is 43.7 Å². The number of carbonyl (C=O) groups is 1. The van der Waals surface area contributed by atoms with E-state index in [-0.39, 0.29) is 42.7 Å². The van der Waals surface area contributed by atoms with E-state index in [9.17, 15) is 4.79 Å². The molecule has 1 aliphatic carbocycles. The number of carbonyl (C=O) groups excluding carboxylic acids is 1. The van der Waals surface area contributed by atoms with E-state index in [4.69, 9.17) is 5.73 Å². The van der Waals surface area contributed by atoms with Crippen LogP contribution in [0.25, 0.3) is 11.2 Å². The van der Waals surface area contributed by atoms with Crippen LogP contribution in [0, 0.1) is 11.8 Å². The second kappa shape index (κ2) is 10.1. The summed E-state index contributed by atoms with van der Waals surface area (Å²) in [5.74, 6) is 1.62. The molecule has 0 bridgehead atoms. The van der Waals surface area contributed by atoms with Gasteiger partial charge in [-0.15, -0.1) is 24.8 Å². The van der Waals surface area contributed by atoms with Gasteiger partial charge in [0.25, 0.3) is 0 Å². The van der Waals surface area contributed by atoms with Gasteiger partial charge in [-0.3, -0.25) is 4.79 Å². The Morgan fingerprint density at radius 1 is 1.38 bits per heavy atom. The Morgan fingerprint density at radius 2 is 2.15 bits per heavy atom. The summed E-state index contributed by atoms with van der Waals surface area (Å²) in [4.78, 5) is 21.5. The number of aromatic nitrogens is 3. The molecule has 6 nitrogen and oxygen atoms in total. The van der Waals surface area contributed by atoms with Crippen LogP contribution in [-0.4, -0.2) is 26.5 Å². The first-order valence-corrected chi connectivity index (χ1v) is 8.88. The van der Waals surface area contributed by atoms with Crippen molar-refractivity contribution in [2.24, 2.45) is 17.6 Å². The Morgan fingerprint density at radius 3 is 2.81 bits per heavy atom. The van der Waals surface area contributed by atoms with Gasteiger partial charge >= 0.3 is 0 Å². The van der Waals surface area contributed by atoms with Crippen molar-refractivity contribution in [2.75, 3.05) is 0 Å². The summed E-state index contributed by atoms with van der Waals surface area (Å²) < 4.78 is 2.13. The lowest BCUT2D eigenvalue weighted by Crippen LogP contribution is -2.31. The van der Waals surface area contributed by atoms with Gasteiger partial charge in [0.15, 0.2) is 5.65 Å². The minimum atomic E-state index is 0. The molecular formula is C18H29Cl2N5O. The number of nitrogens with zero attached hydrogens (tertiary/aromatic N) is 3. The molecular weight excluding hydrogens is 373 g/mol. The maximum atomic E-state index is 12.3. The Bertz CT molecular complexity index is 719. The molecule has 2 atom stereocenters. The minimum Gasteiger partial charge on any atom is -0.349 e. The molecule has 26 heavy (non-hydrogen) atoms. The topological polar surface area (TPSA) is 85.8 Å². The van der Waals surface area contributed by atoms with E-state index in [1.807, 2.05) is 12.1 Å². The highest BCUT2D eigenvalue weighted by molar-refractivity contribution is 5.85. The van der Waals surface area contributed by atoms with Gasteiger partial charge < -0.3 is 15.6 Å². The summed E-state index contributed by atoms with van der Waals surface area (Å²) in [6.45, 7) is 5.72. The summed E-state index contributed by atoms with van der Waals surface area (Å²) in [6.07, 6.45) is 5.46. The Hall–Kier alpha value is -1.37. The zero-order valence-corrected chi connectivity index (χ0v) is 17.0. The summed E-state index contributed by atoms with van der Waals surface area (Å²) >= 11 is 0. The number of aryl methyl sites for hydroxylation is 1. The molecule has 3 rings (SSSR count). The first-order chi connectivity index (χ1) is 11.5. The summed E-state index contributed by atoms with van der Waals surface area (Å²) in [5.41, 5.74) is 7.68. The van der Waals surface area contributed by atoms with Crippen molar-refractivity contribution >= 4 is 41.9 Å². The van der Waals surface area contributed by atoms with Gasteiger partial charge in [0.2, 0.25) is 5.91 Å². The van der Waals surface area contributed by atoms with E-state index in [0.717, 1.165) is 49.2 Å². The summed E-state index contributed by atoms with van der Waals surface area (Å²) in [6, 6.07) is 4.03. The number of fused-ring (bicyclic) bond motifs is 1. The largest absolute Gasteiger partial charge is 0.349 e. The number of hydrogen-bond acceptors (Lipinski definition) is 4. The number of hydrogen-bond donors (Lipinski definition) is 2. The molecule has 1 fully saturated rings. The zero-order valence-electron chi connectivity index (χ0n) is 15.4. The van der Waals surface area contributed by atoms with E-state index in [0.29, 0.717) is 12.5 Å². The van der Waals surface area contributed by atoms with Crippen LogP contribution in [0.15, 0.2) is 18.3 Å². The molecule has 1 amide bonds. The first kappa shape index (κ1) is 22.7. The van der Waals surface area contributed by atoms with Crippen LogP contribution in [0.2, 0.25) is 0 Å². The highest BCUT2D eigenvalue weighted by Gasteiger charge is 2.27. The predicted molar refractivity (Wildman–Crippen MR) is 109 cm³/mol. The molecule has 1 saturated carbocycles. The van der Waals surface area contributed by atoms with Crippen molar-refractivity contribution in [1.29, 1.82) is 0 Å². The molecule has 2 aromatic heterocycles. The zero-order chi connectivity index (χ0) is 17.1. The van der Waals surface area contributed by atoms with E-state index in [1.165, 1.54) is 0 Å². The summed E-state index contributed by atoms with van der Waals surface area (Å²) in [5, 5.41) is 3.04. The van der Waals surface area contributed by atoms with Gasteiger partial charge in [-0.2, -0.15) is 0 Å². The molecule has 0 radical (unpaired) electrons. The number of nitrogens with two attached hydrogens (primary N) is 1. The third-order valence-electron chi connectivity index (χ3n) is 4.78. The average Bonchev–Trinajstić information content (AvgIpc) is 3.14. The van der Waals surface area contributed by atoms with Crippen LogP contribution in [-0.2, 0) is 17.9 Å². The number of halogens is 2. The molecule has 146 valence electrons. The second-order valence-corrected chi connectivity index (χ2v) is 7.20. The van der Waals surface area contributed by atoms with Crippen LogP contribution in [0.5, 0.6) is 0 Å². The third kappa shape index (κ3) is 5.32. The fourth-order valence-corrected chi connectivity index (χ4v) is 3.33. The van der Waals surface area contributed by atoms with Crippen LogP contribution in [0.4, 0.5) is 0 Å². The Balaban J connectivity index is 0.00000169. The van der Waals surface area contributed by atoms with Gasteiger partial charge in [0.05, 0.1) is 6.54 Å². The van der Waals surface area contributed by atoms with Crippen molar-refractivity contribution in [3.05, 3.63) is 24.2 Å². The van der Waals surface area contributed by atoms with Gasteiger partial charge in [-0.1, -0.05) is 13.8 Å². The third-order valence-corrected chi connectivity index (χ3v) is 4.78. The van der Waals surface area contributed by atoms with E-state index in [2.05, 4.69) is 33.7 Å². The fraction of sp³-hybridized carbons (Fsp3) is 0.611. The van der Waals surface area contributed by atoms with Gasteiger partial charge in [-0.25, -0.2) is 9.97 Å². The molecule has 8 heteroatoms. The normalized spacial score (nSPS) is 19.2. The van der Waals surface area contributed by atoms with Crippen LogP contribution in [0.3, 0.4) is 0 Å². The highest BCUT2D eigenvalue weighted by Crippen LogP contribution is 2.24. The van der Waals surface area contributed by atoms with Crippen molar-refractivity contribution in [3.8, 4) is 0 Å². The lowest BCUT2D eigenvalue weighted by Gasteiger charge is -2.13. The molecule has 2 aromatic rings. The standard InChI is InChI=1S/C18H27N5O.2ClH/c1-12(2)7-9-23-16(22-15-4-3-8-20-17(15)23)11-21-18(24)13-5-6-14(19)10-13;;/h3-4,8,12-14H,5-7,9-11,19H2,1-2H3,(H,21,24);2*1H/t13-,14+;;/m0../s1. The lowest BCUT2D eigenvalue weighted by molar-refractivity contribution is -0.125. The van der Waals surface area contributed by atoms with Crippen LogP contribution < -0.4 is 11.1 Å². The summed E-state index contributed by atoms with van der Waals surface area (Å²) in [7, 11) is 0. The van der Waals surface area contributed by atoms with Gasteiger partial charge in [0.1, 0.15) is 11.3 Å². The molecule has 0 saturated heterocycles. The smallest absolute Gasteiger partial charge is 0.223 e. The van der Waals surface area contributed by atoms with Crippen molar-refractivity contribution < 1.29 is 4.79 Å². The number of amides is 1. The second-order valence-electron chi connectivity index (χ2n) is 7.20. The van der Waals surface area contributed by atoms with Crippen molar-refractivity contribution in [3.63, 3.8) is 0 Å². The molecule has 1 aliphatic rings. The van der Waals surface area contributed by atoms with Crippen molar-refractivity contribution in [1.82, 2.24) is 19.9 Å². The lowest BCUT2D eigenvalue weighted by atomic mass is 10.1. The van der Waals surface area contributed by atoms with Crippen molar-refractivity contribution in [2.45, 2.75) is 58.7 Å².